The Balaban J connectivity index is 0.00000289. The molecule has 0 saturated carbocycles. The Kier molecular flexibility index (Phi) is 7.82. The molecule has 2 unspecified atom stereocenters. The Hall–Kier alpha value is -0.330. The standard InChI is InChI=1S/C11H22N2O3S.ClH/c1-3-17(15,16)8-9(2)13-11(14)10-5-4-6-12-7-10;/h9-10,12H,3-8H2,1-2H3,(H,13,14);1H. The zero-order valence-corrected chi connectivity index (χ0v) is 12.6. The first-order valence-corrected chi connectivity index (χ1v) is 7.98. The van der Waals surface area contributed by atoms with E-state index < -0.39 is 9.84 Å². The van der Waals surface area contributed by atoms with Gasteiger partial charge in [0.25, 0.3) is 0 Å². The Bertz CT molecular complexity index is 353. The summed E-state index contributed by atoms with van der Waals surface area (Å²) in [5.74, 6) is 0.0969. The van der Waals surface area contributed by atoms with E-state index in [9.17, 15) is 13.2 Å². The van der Waals surface area contributed by atoms with Gasteiger partial charge in [-0.2, -0.15) is 0 Å². The van der Waals surface area contributed by atoms with E-state index in [1.165, 1.54) is 0 Å². The molecule has 1 fully saturated rings. The number of nitrogens with one attached hydrogen (secondary N) is 2. The lowest BCUT2D eigenvalue weighted by atomic mass is 9.98. The van der Waals surface area contributed by atoms with Crippen LogP contribution >= 0.6 is 12.4 Å². The molecule has 0 radical (unpaired) electrons. The van der Waals surface area contributed by atoms with E-state index in [0.29, 0.717) is 6.54 Å². The number of hydrogen-bond acceptors (Lipinski definition) is 4. The van der Waals surface area contributed by atoms with Crippen LogP contribution in [0.4, 0.5) is 0 Å². The van der Waals surface area contributed by atoms with E-state index in [0.717, 1.165) is 19.4 Å². The predicted octanol–water partition coefficient (Wildman–Crippen LogP) is 0.347. The van der Waals surface area contributed by atoms with Crippen LogP contribution in [0.3, 0.4) is 0 Å². The zero-order chi connectivity index (χ0) is 12.9. The Morgan fingerprint density at radius 3 is 2.67 bits per heavy atom. The number of piperidine rings is 1. The van der Waals surface area contributed by atoms with Crippen LogP contribution in [0.25, 0.3) is 0 Å². The SMILES string of the molecule is CCS(=O)(=O)CC(C)NC(=O)C1CCCNC1.Cl. The molecule has 1 amide bonds. The normalized spacial score (nSPS) is 21.8. The number of amides is 1. The Labute approximate surface area is 115 Å². The fourth-order valence-corrected chi connectivity index (χ4v) is 3.06. The van der Waals surface area contributed by atoms with Gasteiger partial charge >= 0.3 is 0 Å². The largest absolute Gasteiger partial charge is 0.352 e. The van der Waals surface area contributed by atoms with Crippen molar-refractivity contribution in [1.82, 2.24) is 10.6 Å². The van der Waals surface area contributed by atoms with E-state index in [4.69, 9.17) is 0 Å². The van der Waals surface area contributed by atoms with Crippen molar-refractivity contribution in [3.8, 4) is 0 Å². The van der Waals surface area contributed by atoms with Gasteiger partial charge in [0.1, 0.15) is 0 Å². The lowest BCUT2D eigenvalue weighted by molar-refractivity contribution is -0.125. The first-order chi connectivity index (χ1) is 7.94. The van der Waals surface area contributed by atoms with Gasteiger partial charge in [-0.3, -0.25) is 4.79 Å². The van der Waals surface area contributed by atoms with Crippen LogP contribution in [0.2, 0.25) is 0 Å². The van der Waals surface area contributed by atoms with Crippen molar-refractivity contribution in [3.05, 3.63) is 0 Å². The third-order valence-electron chi connectivity index (χ3n) is 3.00. The number of hydrogen-bond donors (Lipinski definition) is 2. The minimum absolute atomic E-state index is 0. The van der Waals surface area contributed by atoms with Crippen LogP contribution in [-0.4, -0.2) is 45.0 Å². The first-order valence-electron chi connectivity index (χ1n) is 6.16. The molecule has 18 heavy (non-hydrogen) atoms. The average molecular weight is 299 g/mol. The molecule has 5 nitrogen and oxygen atoms in total. The van der Waals surface area contributed by atoms with E-state index in [1.807, 2.05) is 0 Å². The molecule has 0 bridgehead atoms. The second-order valence-electron chi connectivity index (χ2n) is 4.65. The van der Waals surface area contributed by atoms with Crippen molar-refractivity contribution in [2.24, 2.45) is 5.92 Å². The number of carbonyl (C=O) groups is 1. The molecule has 1 heterocycles. The van der Waals surface area contributed by atoms with Gasteiger partial charge in [-0.05, 0) is 26.3 Å². The van der Waals surface area contributed by atoms with Crippen molar-refractivity contribution in [1.29, 1.82) is 0 Å². The smallest absolute Gasteiger partial charge is 0.224 e. The van der Waals surface area contributed by atoms with Crippen LogP contribution in [0.15, 0.2) is 0 Å². The summed E-state index contributed by atoms with van der Waals surface area (Å²) < 4.78 is 22.8. The van der Waals surface area contributed by atoms with Gasteiger partial charge in [0, 0.05) is 18.3 Å². The summed E-state index contributed by atoms with van der Waals surface area (Å²) >= 11 is 0. The van der Waals surface area contributed by atoms with E-state index in [-0.39, 0.29) is 41.8 Å². The maximum absolute atomic E-state index is 11.8. The molecule has 108 valence electrons. The van der Waals surface area contributed by atoms with Gasteiger partial charge in [0.15, 0.2) is 9.84 Å². The highest BCUT2D eigenvalue weighted by molar-refractivity contribution is 7.91. The zero-order valence-electron chi connectivity index (χ0n) is 10.9. The number of sulfone groups is 1. The highest BCUT2D eigenvalue weighted by Crippen LogP contribution is 2.10. The second kappa shape index (κ2) is 7.96. The van der Waals surface area contributed by atoms with Gasteiger partial charge in [-0.15, -0.1) is 12.4 Å². The molecule has 2 N–H and O–H groups in total. The molecule has 1 aliphatic rings. The van der Waals surface area contributed by atoms with Crippen LogP contribution in [0, 0.1) is 5.92 Å². The number of carbonyl (C=O) groups excluding carboxylic acids is 1. The minimum atomic E-state index is -3.03. The number of rotatable bonds is 5. The van der Waals surface area contributed by atoms with Gasteiger partial charge in [0.05, 0.1) is 11.7 Å². The molecule has 7 heteroatoms. The van der Waals surface area contributed by atoms with Crippen LogP contribution in [0.5, 0.6) is 0 Å². The molecule has 1 rings (SSSR count). The fourth-order valence-electron chi connectivity index (χ4n) is 1.98. The highest BCUT2D eigenvalue weighted by Gasteiger charge is 2.23. The topological polar surface area (TPSA) is 75.3 Å². The third-order valence-corrected chi connectivity index (χ3v) is 4.89. The number of halogens is 1. The molecular formula is C11H23ClN2O3S. The van der Waals surface area contributed by atoms with Gasteiger partial charge in [-0.25, -0.2) is 8.42 Å². The van der Waals surface area contributed by atoms with Crippen molar-refractivity contribution < 1.29 is 13.2 Å². The second-order valence-corrected chi connectivity index (χ2v) is 7.05. The summed E-state index contributed by atoms with van der Waals surface area (Å²) in [6, 6.07) is -0.311. The van der Waals surface area contributed by atoms with E-state index in [1.54, 1.807) is 13.8 Å². The van der Waals surface area contributed by atoms with Crippen LogP contribution in [-0.2, 0) is 14.6 Å². The molecule has 1 saturated heterocycles. The van der Waals surface area contributed by atoms with Crippen molar-refractivity contribution in [2.45, 2.75) is 32.7 Å². The predicted molar refractivity (Wildman–Crippen MR) is 74.8 cm³/mol. The summed E-state index contributed by atoms with van der Waals surface area (Å²) in [6.07, 6.45) is 1.88. The van der Waals surface area contributed by atoms with Gasteiger partial charge in [0.2, 0.25) is 5.91 Å². The van der Waals surface area contributed by atoms with Gasteiger partial charge in [-0.1, -0.05) is 6.92 Å². The Morgan fingerprint density at radius 2 is 2.17 bits per heavy atom. The summed E-state index contributed by atoms with van der Waals surface area (Å²) in [5, 5.41) is 5.95. The molecule has 0 aromatic heterocycles. The summed E-state index contributed by atoms with van der Waals surface area (Å²) in [7, 11) is -3.03. The Morgan fingerprint density at radius 1 is 1.50 bits per heavy atom. The lowest BCUT2D eigenvalue weighted by Gasteiger charge is -2.23. The van der Waals surface area contributed by atoms with Crippen molar-refractivity contribution >= 4 is 28.2 Å². The summed E-state index contributed by atoms with van der Waals surface area (Å²) in [6.45, 7) is 5.01. The molecule has 0 aromatic rings. The van der Waals surface area contributed by atoms with Crippen LogP contribution in [0.1, 0.15) is 26.7 Å². The summed E-state index contributed by atoms with van der Waals surface area (Å²) in [4.78, 5) is 11.8. The highest BCUT2D eigenvalue weighted by atomic mass is 35.5. The quantitative estimate of drug-likeness (QED) is 0.768. The van der Waals surface area contributed by atoms with Crippen molar-refractivity contribution in [2.75, 3.05) is 24.6 Å². The molecule has 0 spiro atoms. The van der Waals surface area contributed by atoms with Crippen LogP contribution < -0.4 is 10.6 Å². The average Bonchev–Trinajstić information content (AvgIpc) is 2.29. The molecule has 0 aromatic carbocycles. The molecule has 1 aliphatic heterocycles. The van der Waals surface area contributed by atoms with Gasteiger partial charge < -0.3 is 10.6 Å². The molecule has 2 atom stereocenters. The monoisotopic (exact) mass is 298 g/mol. The lowest BCUT2D eigenvalue weighted by Crippen LogP contribution is -2.45. The molecule has 0 aliphatic carbocycles. The van der Waals surface area contributed by atoms with Crippen molar-refractivity contribution in [3.63, 3.8) is 0 Å². The fraction of sp³-hybridized carbons (Fsp3) is 0.909. The first kappa shape index (κ1) is 17.7. The summed E-state index contributed by atoms with van der Waals surface area (Å²) in [5.41, 5.74) is 0. The molecular weight excluding hydrogens is 276 g/mol. The third kappa shape index (κ3) is 6.02. The minimum Gasteiger partial charge on any atom is -0.352 e. The van der Waals surface area contributed by atoms with E-state index in [2.05, 4.69) is 10.6 Å². The maximum Gasteiger partial charge on any atom is 0.224 e. The maximum atomic E-state index is 11.8. The van der Waals surface area contributed by atoms with E-state index >= 15 is 0 Å².